The van der Waals surface area contributed by atoms with Crippen LogP contribution in [0.3, 0.4) is 0 Å². The largest absolute Gasteiger partial charge is 0.492 e. The van der Waals surface area contributed by atoms with E-state index in [9.17, 15) is 4.79 Å². The Bertz CT molecular complexity index is 711. The Morgan fingerprint density at radius 1 is 1.09 bits per heavy atom. The Kier molecular flexibility index (Phi) is 3.78. The molecule has 4 rings (SSSR count). The molecule has 0 aromatic heterocycles. The topological polar surface area (TPSA) is 29.5 Å². The van der Waals surface area contributed by atoms with E-state index in [1.54, 1.807) is 0 Å². The summed E-state index contributed by atoms with van der Waals surface area (Å²) in [5.74, 6) is 1.36. The molecule has 0 spiro atoms. The van der Waals surface area contributed by atoms with Gasteiger partial charge in [-0.3, -0.25) is 4.79 Å². The number of ether oxygens (including phenoxy) is 1. The highest BCUT2D eigenvalue weighted by atomic mass is 16.5. The van der Waals surface area contributed by atoms with Gasteiger partial charge in [0.05, 0.1) is 12.2 Å². The number of nitrogens with zero attached hydrogens (tertiary/aromatic N) is 1. The summed E-state index contributed by atoms with van der Waals surface area (Å²) in [5.41, 5.74) is 3.22. The molecule has 0 bridgehead atoms. The van der Waals surface area contributed by atoms with Gasteiger partial charge in [0.15, 0.2) is 0 Å². The number of amides is 1. The first kappa shape index (κ1) is 14.3. The molecule has 3 nitrogen and oxygen atoms in total. The Hall–Kier alpha value is -2.29. The van der Waals surface area contributed by atoms with Gasteiger partial charge in [-0.05, 0) is 30.0 Å². The number of rotatable bonds is 2. The monoisotopic (exact) mass is 307 g/mol. The van der Waals surface area contributed by atoms with Crippen molar-refractivity contribution in [3.8, 4) is 5.75 Å². The zero-order valence-corrected chi connectivity index (χ0v) is 13.2. The van der Waals surface area contributed by atoms with E-state index in [0.29, 0.717) is 12.5 Å². The number of carbonyl (C=O) groups is 1. The molecule has 118 valence electrons. The van der Waals surface area contributed by atoms with Crippen molar-refractivity contribution < 1.29 is 9.53 Å². The highest BCUT2D eigenvalue weighted by Crippen LogP contribution is 2.32. The number of piperidine rings is 1. The minimum absolute atomic E-state index is 0.115. The molecule has 0 radical (unpaired) electrons. The second kappa shape index (κ2) is 6.07. The first-order valence-corrected chi connectivity index (χ1v) is 8.42. The van der Waals surface area contributed by atoms with Gasteiger partial charge in [0.2, 0.25) is 0 Å². The van der Waals surface area contributed by atoms with Crippen LogP contribution in [0, 0.1) is 0 Å². The fourth-order valence-corrected chi connectivity index (χ4v) is 3.71. The van der Waals surface area contributed by atoms with Gasteiger partial charge < -0.3 is 9.64 Å². The van der Waals surface area contributed by atoms with Crippen molar-refractivity contribution in [2.45, 2.75) is 25.2 Å². The number of fused-ring (bicyclic) bond motifs is 1. The van der Waals surface area contributed by atoms with E-state index in [1.807, 2.05) is 23.1 Å². The van der Waals surface area contributed by atoms with Crippen LogP contribution in [-0.4, -0.2) is 30.5 Å². The standard InChI is InChI=1S/C20H21NO2/c22-20(18-10-4-8-16-11-13-23-19(16)18)21-12-5-9-17(14-21)15-6-2-1-3-7-15/h1-4,6-8,10,17H,5,9,11-14H2. The van der Waals surface area contributed by atoms with Crippen molar-refractivity contribution in [3.05, 3.63) is 65.2 Å². The van der Waals surface area contributed by atoms with E-state index in [-0.39, 0.29) is 5.91 Å². The number of benzene rings is 2. The van der Waals surface area contributed by atoms with Crippen LogP contribution < -0.4 is 4.74 Å². The van der Waals surface area contributed by atoms with Crippen LogP contribution in [0.5, 0.6) is 5.75 Å². The molecule has 1 unspecified atom stereocenters. The normalized spacial score (nSPS) is 20.0. The van der Waals surface area contributed by atoms with Crippen molar-refractivity contribution in [1.82, 2.24) is 4.90 Å². The highest BCUT2D eigenvalue weighted by Gasteiger charge is 2.28. The molecule has 0 N–H and O–H groups in total. The molecule has 1 saturated heterocycles. The number of carbonyl (C=O) groups excluding carboxylic acids is 1. The van der Waals surface area contributed by atoms with Gasteiger partial charge in [-0.2, -0.15) is 0 Å². The number of hydrogen-bond donors (Lipinski definition) is 0. The number of para-hydroxylation sites is 1. The van der Waals surface area contributed by atoms with E-state index >= 15 is 0 Å². The van der Waals surface area contributed by atoms with Crippen LogP contribution in [0.15, 0.2) is 48.5 Å². The summed E-state index contributed by atoms with van der Waals surface area (Å²) in [6.07, 6.45) is 3.11. The molecule has 2 heterocycles. The Morgan fingerprint density at radius 2 is 1.96 bits per heavy atom. The Labute approximate surface area is 136 Å². The summed E-state index contributed by atoms with van der Waals surface area (Å²) in [7, 11) is 0. The van der Waals surface area contributed by atoms with Crippen LogP contribution in [0.1, 0.15) is 40.2 Å². The maximum absolute atomic E-state index is 13.0. The van der Waals surface area contributed by atoms with E-state index in [1.165, 1.54) is 5.56 Å². The minimum atomic E-state index is 0.115. The van der Waals surface area contributed by atoms with E-state index in [4.69, 9.17) is 4.74 Å². The lowest BCUT2D eigenvalue weighted by Crippen LogP contribution is -2.39. The molecular formula is C20H21NO2. The number of hydrogen-bond acceptors (Lipinski definition) is 2. The first-order valence-electron chi connectivity index (χ1n) is 8.42. The molecule has 1 amide bonds. The predicted molar refractivity (Wildman–Crippen MR) is 90.0 cm³/mol. The van der Waals surface area contributed by atoms with Gasteiger partial charge >= 0.3 is 0 Å². The smallest absolute Gasteiger partial charge is 0.257 e. The van der Waals surface area contributed by atoms with Gasteiger partial charge in [0, 0.05) is 25.4 Å². The minimum Gasteiger partial charge on any atom is -0.492 e. The van der Waals surface area contributed by atoms with E-state index in [0.717, 1.165) is 49.2 Å². The zero-order valence-electron chi connectivity index (χ0n) is 13.2. The molecule has 2 aromatic rings. The molecule has 2 aliphatic heterocycles. The van der Waals surface area contributed by atoms with Gasteiger partial charge in [-0.1, -0.05) is 42.5 Å². The van der Waals surface area contributed by atoms with Crippen molar-refractivity contribution in [3.63, 3.8) is 0 Å². The molecular weight excluding hydrogens is 286 g/mol. The van der Waals surface area contributed by atoms with Crippen molar-refractivity contribution >= 4 is 5.91 Å². The van der Waals surface area contributed by atoms with Crippen LogP contribution in [-0.2, 0) is 6.42 Å². The molecule has 0 aliphatic carbocycles. The zero-order chi connectivity index (χ0) is 15.6. The van der Waals surface area contributed by atoms with Gasteiger partial charge in [-0.25, -0.2) is 0 Å². The Balaban J connectivity index is 1.56. The third-order valence-corrected chi connectivity index (χ3v) is 4.92. The summed E-state index contributed by atoms with van der Waals surface area (Å²) in [4.78, 5) is 15.0. The van der Waals surface area contributed by atoms with Crippen LogP contribution >= 0.6 is 0 Å². The van der Waals surface area contributed by atoms with Crippen LogP contribution in [0.2, 0.25) is 0 Å². The lowest BCUT2D eigenvalue weighted by molar-refractivity contribution is 0.0703. The fraction of sp³-hybridized carbons (Fsp3) is 0.350. The Morgan fingerprint density at radius 3 is 2.83 bits per heavy atom. The molecule has 1 atom stereocenters. The summed E-state index contributed by atoms with van der Waals surface area (Å²) in [6.45, 7) is 2.32. The lowest BCUT2D eigenvalue weighted by Gasteiger charge is -2.33. The van der Waals surface area contributed by atoms with E-state index < -0.39 is 0 Å². The summed E-state index contributed by atoms with van der Waals surface area (Å²) >= 11 is 0. The molecule has 0 saturated carbocycles. The van der Waals surface area contributed by atoms with Gasteiger partial charge in [-0.15, -0.1) is 0 Å². The molecule has 1 fully saturated rings. The molecule has 23 heavy (non-hydrogen) atoms. The third-order valence-electron chi connectivity index (χ3n) is 4.92. The average molecular weight is 307 g/mol. The van der Waals surface area contributed by atoms with Crippen molar-refractivity contribution in [2.24, 2.45) is 0 Å². The SMILES string of the molecule is O=C(c1cccc2c1OCC2)N1CCCC(c2ccccc2)C1. The molecule has 2 aliphatic rings. The first-order chi connectivity index (χ1) is 11.3. The van der Waals surface area contributed by atoms with E-state index in [2.05, 4.69) is 30.3 Å². The maximum Gasteiger partial charge on any atom is 0.257 e. The van der Waals surface area contributed by atoms with Crippen molar-refractivity contribution in [1.29, 1.82) is 0 Å². The fourth-order valence-electron chi connectivity index (χ4n) is 3.71. The second-order valence-corrected chi connectivity index (χ2v) is 6.39. The van der Waals surface area contributed by atoms with Gasteiger partial charge in [0.25, 0.3) is 5.91 Å². The summed E-state index contributed by atoms with van der Waals surface area (Å²) in [6, 6.07) is 16.5. The summed E-state index contributed by atoms with van der Waals surface area (Å²) < 4.78 is 5.71. The number of likely N-dealkylation sites (tertiary alicyclic amines) is 1. The van der Waals surface area contributed by atoms with Crippen LogP contribution in [0.4, 0.5) is 0 Å². The predicted octanol–water partition coefficient (Wildman–Crippen LogP) is 3.64. The quantitative estimate of drug-likeness (QED) is 0.847. The maximum atomic E-state index is 13.0. The van der Waals surface area contributed by atoms with Gasteiger partial charge in [0.1, 0.15) is 5.75 Å². The average Bonchev–Trinajstić information content (AvgIpc) is 3.11. The molecule has 3 heteroatoms. The highest BCUT2D eigenvalue weighted by molar-refractivity contribution is 5.97. The molecule has 2 aromatic carbocycles. The lowest BCUT2D eigenvalue weighted by atomic mass is 9.90. The van der Waals surface area contributed by atoms with Crippen molar-refractivity contribution in [2.75, 3.05) is 19.7 Å². The second-order valence-electron chi connectivity index (χ2n) is 6.39. The summed E-state index contributed by atoms with van der Waals surface area (Å²) in [5, 5.41) is 0. The third kappa shape index (κ3) is 2.72. The van der Waals surface area contributed by atoms with Crippen LogP contribution in [0.25, 0.3) is 0 Å².